The molecule has 47 heavy (non-hydrogen) atoms. The summed E-state index contributed by atoms with van der Waals surface area (Å²) in [5, 5.41) is 19.0. The number of carbonyl (C=O) groups excluding carboxylic acids is 1. The minimum Gasteiger partial charge on any atom is -0.872 e. The van der Waals surface area contributed by atoms with Crippen LogP contribution in [-0.4, -0.2) is 42.0 Å². The van der Waals surface area contributed by atoms with E-state index in [-0.39, 0.29) is 5.56 Å². The molecule has 0 saturated heterocycles. The highest BCUT2D eigenvalue weighted by atomic mass is 16.4. The van der Waals surface area contributed by atoms with Gasteiger partial charge in [-0.15, -0.1) is 0 Å². The maximum absolute atomic E-state index is 12.7. The number of benzene rings is 2. The molecule has 0 aromatic heterocycles. The Bertz CT molecular complexity index is 1080. The third-order valence-corrected chi connectivity index (χ3v) is 9.10. The van der Waals surface area contributed by atoms with E-state index in [4.69, 9.17) is 5.11 Å². The lowest BCUT2D eigenvalue weighted by Gasteiger charge is -2.30. The molecule has 0 bridgehead atoms. The van der Waals surface area contributed by atoms with Crippen LogP contribution in [0, 0.1) is 0 Å². The van der Waals surface area contributed by atoms with E-state index < -0.39 is 11.7 Å². The molecule has 0 fully saturated rings. The summed E-state index contributed by atoms with van der Waals surface area (Å²) in [7, 11) is 4.69. The maximum atomic E-state index is 12.7. The third kappa shape index (κ3) is 22.5. The zero-order valence-electron chi connectivity index (χ0n) is 30.7. The van der Waals surface area contributed by atoms with E-state index >= 15 is 0 Å². The Kier molecular flexibility index (Phi) is 24.6. The van der Waals surface area contributed by atoms with Crippen molar-refractivity contribution in [3.8, 4) is 5.75 Å². The lowest BCUT2D eigenvalue weighted by atomic mass is 10.0. The predicted octanol–water partition coefficient (Wildman–Crippen LogP) is 11.5. The van der Waals surface area contributed by atoms with E-state index in [9.17, 15) is 14.7 Å². The number of hydrogen-bond acceptors (Lipinski definition) is 3. The minimum absolute atomic E-state index is 0.178. The monoisotopic (exact) mass is 652 g/mol. The SMILES string of the molecule is CCCCCCCCCCCCCCCC[N+](C)(C)Cc1cccc(C(=O)CCCCCCCCC)c1.O=C(O)c1ccccc1[O-]. The van der Waals surface area contributed by atoms with Crippen molar-refractivity contribution in [2.45, 2.75) is 162 Å². The van der Waals surface area contributed by atoms with Crippen molar-refractivity contribution >= 4 is 11.8 Å². The third-order valence-electron chi connectivity index (χ3n) is 9.10. The second kappa shape index (κ2) is 27.3. The Labute approximate surface area is 288 Å². The zero-order valence-corrected chi connectivity index (χ0v) is 30.7. The Morgan fingerprint density at radius 2 is 1.09 bits per heavy atom. The fraction of sp³-hybridized carbons (Fsp3) is 0.667. The molecule has 0 aliphatic rings. The van der Waals surface area contributed by atoms with Crippen LogP contribution in [0.15, 0.2) is 48.5 Å². The van der Waals surface area contributed by atoms with E-state index in [0.717, 1.165) is 23.0 Å². The number of Topliss-reactive ketones (excluding diaryl/α,β-unsaturated/α-hetero) is 1. The van der Waals surface area contributed by atoms with Gasteiger partial charge in [-0.1, -0.05) is 172 Å². The smallest absolute Gasteiger partial charge is 0.335 e. The van der Waals surface area contributed by atoms with Gasteiger partial charge in [0, 0.05) is 17.5 Å². The van der Waals surface area contributed by atoms with E-state index in [0.29, 0.717) is 12.2 Å². The van der Waals surface area contributed by atoms with E-state index in [1.807, 2.05) is 6.07 Å². The van der Waals surface area contributed by atoms with Gasteiger partial charge in [0.05, 0.1) is 26.2 Å². The highest BCUT2D eigenvalue weighted by Gasteiger charge is 2.16. The summed E-state index contributed by atoms with van der Waals surface area (Å²) in [4.78, 5) is 22.9. The highest BCUT2D eigenvalue weighted by Crippen LogP contribution is 2.18. The number of unbranched alkanes of at least 4 members (excludes halogenated alkanes) is 19. The van der Waals surface area contributed by atoms with Gasteiger partial charge in [-0.2, -0.15) is 0 Å². The van der Waals surface area contributed by atoms with Crippen molar-refractivity contribution in [1.29, 1.82) is 0 Å². The molecule has 0 aliphatic carbocycles. The molecule has 0 aliphatic heterocycles. The van der Waals surface area contributed by atoms with Crippen molar-refractivity contribution in [2.24, 2.45) is 0 Å². The lowest BCUT2D eigenvalue weighted by molar-refractivity contribution is -0.903. The zero-order chi connectivity index (χ0) is 34.6. The van der Waals surface area contributed by atoms with Gasteiger partial charge < -0.3 is 14.7 Å². The first-order valence-corrected chi connectivity index (χ1v) is 19.1. The van der Waals surface area contributed by atoms with E-state index in [2.05, 4.69) is 46.1 Å². The first-order chi connectivity index (χ1) is 22.7. The number of carboxylic acid groups (broad SMARTS) is 1. The predicted molar refractivity (Wildman–Crippen MR) is 197 cm³/mol. The fourth-order valence-electron chi connectivity index (χ4n) is 6.18. The average molecular weight is 652 g/mol. The van der Waals surface area contributed by atoms with Gasteiger partial charge >= 0.3 is 5.97 Å². The molecule has 1 N–H and O–H groups in total. The molecular formula is C42H69NO4. The van der Waals surface area contributed by atoms with Gasteiger partial charge in [0.1, 0.15) is 6.54 Å². The number of carboxylic acids is 1. The molecule has 5 nitrogen and oxygen atoms in total. The standard InChI is InChI=1S/C35H64NO.C7H6O3/c1-5-7-9-11-13-14-15-16-17-18-19-21-23-25-30-36(3,4)32-33-27-26-28-34(31-33)35(37)29-24-22-20-12-10-8-6-2;8-6-4-2-1-3-5(6)7(9)10/h26-28,31H,5-25,29-30,32H2,1-4H3;1-4,8H,(H,9,10)/q+1;/p-1. The van der Waals surface area contributed by atoms with Crippen LogP contribution in [0.5, 0.6) is 5.75 Å². The second-order valence-corrected chi connectivity index (χ2v) is 14.2. The summed E-state index contributed by atoms with van der Waals surface area (Å²) >= 11 is 0. The van der Waals surface area contributed by atoms with Crippen LogP contribution in [0.1, 0.15) is 181 Å². The molecule has 266 valence electrons. The molecule has 2 aromatic rings. The molecular weight excluding hydrogens is 582 g/mol. The summed E-state index contributed by atoms with van der Waals surface area (Å²) in [5.74, 6) is -1.30. The van der Waals surface area contributed by atoms with Crippen LogP contribution in [-0.2, 0) is 6.54 Å². The highest BCUT2D eigenvalue weighted by molar-refractivity contribution is 5.96. The van der Waals surface area contributed by atoms with Crippen LogP contribution in [0.2, 0.25) is 0 Å². The van der Waals surface area contributed by atoms with Crippen LogP contribution in [0.4, 0.5) is 0 Å². The van der Waals surface area contributed by atoms with E-state index in [1.54, 1.807) is 0 Å². The van der Waals surface area contributed by atoms with Crippen LogP contribution >= 0.6 is 0 Å². The summed E-state index contributed by atoms with van der Waals surface area (Å²) < 4.78 is 1.01. The number of carbonyl (C=O) groups is 2. The quantitative estimate of drug-likeness (QED) is 0.0592. The van der Waals surface area contributed by atoms with Crippen molar-refractivity contribution in [1.82, 2.24) is 0 Å². The number of ketones is 1. The maximum Gasteiger partial charge on any atom is 0.335 e. The lowest BCUT2D eigenvalue weighted by Crippen LogP contribution is -2.39. The molecule has 0 heterocycles. The summed E-state index contributed by atoms with van der Waals surface area (Å²) in [6.07, 6.45) is 29.3. The number of para-hydroxylation sites is 1. The molecule has 2 aromatic carbocycles. The number of rotatable bonds is 27. The normalized spacial score (nSPS) is 11.2. The molecule has 0 atom stereocenters. The fourth-order valence-corrected chi connectivity index (χ4v) is 6.18. The summed E-state index contributed by atoms with van der Waals surface area (Å²) in [6, 6.07) is 14.0. The Morgan fingerprint density at radius 1 is 0.617 bits per heavy atom. The molecule has 2 rings (SSSR count). The van der Waals surface area contributed by atoms with Gasteiger partial charge in [0.25, 0.3) is 0 Å². The van der Waals surface area contributed by atoms with Gasteiger partial charge in [-0.3, -0.25) is 4.79 Å². The van der Waals surface area contributed by atoms with Crippen LogP contribution in [0.25, 0.3) is 0 Å². The van der Waals surface area contributed by atoms with Crippen LogP contribution < -0.4 is 5.11 Å². The first kappa shape index (κ1) is 42.4. The van der Waals surface area contributed by atoms with E-state index in [1.165, 1.54) is 165 Å². The topological polar surface area (TPSA) is 77.4 Å². The van der Waals surface area contributed by atoms with Gasteiger partial charge in [-0.25, -0.2) is 4.79 Å². The van der Waals surface area contributed by atoms with Crippen molar-refractivity contribution in [3.05, 3.63) is 65.2 Å². The number of quaternary nitrogens is 1. The molecule has 0 saturated carbocycles. The number of hydrogen-bond donors (Lipinski definition) is 1. The largest absolute Gasteiger partial charge is 0.872 e. The first-order valence-electron chi connectivity index (χ1n) is 19.1. The summed E-state index contributed by atoms with van der Waals surface area (Å²) in [6.45, 7) is 6.78. The van der Waals surface area contributed by atoms with Crippen molar-refractivity contribution in [2.75, 3.05) is 20.6 Å². The average Bonchev–Trinajstić information content (AvgIpc) is 3.04. The van der Waals surface area contributed by atoms with Gasteiger partial charge in [0.15, 0.2) is 5.78 Å². The van der Waals surface area contributed by atoms with Crippen LogP contribution in [0.3, 0.4) is 0 Å². The van der Waals surface area contributed by atoms with Gasteiger partial charge in [0.2, 0.25) is 0 Å². The number of aromatic carboxylic acids is 1. The molecule has 0 radical (unpaired) electrons. The molecule has 0 amide bonds. The summed E-state index contributed by atoms with van der Waals surface area (Å²) in [5.41, 5.74) is 2.04. The second-order valence-electron chi connectivity index (χ2n) is 14.2. The Balaban J connectivity index is 0.000000933. The number of nitrogens with zero attached hydrogens (tertiary/aromatic N) is 1. The molecule has 0 spiro atoms. The minimum atomic E-state index is -1.18. The van der Waals surface area contributed by atoms with Gasteiger partial charge in [-0.05, 0) is 31.4 Å². The van der Waals surface area contributed by atoms with Crippen molar-refractivity contribution < 1.29 is 24.3 Å². The Morgan fingerprint density at radius 3 is 1.55 bits per heavy atom. The van der Waals surface area contributed by atoms with Crippen molar-refractivity contribution in [3.63, 3.8) is 0 Å². The molecule has 0 unspecified atom stereocenters. The molecule has 5 heteroatoms. The Hall–Kier alpha value is -2.66.